The number of hydrogen-bond acceptors (Lipinski definition) is 4. The first-order chi connectivity index (χ1) is 11.6. The predicted molar refractivity (Wildman–Crippen MR) is 89.1 cm³/mol. The zero-order chi connectivity index (χ0) is 17.1. The Hall–Kier alpha value is -3.22. The molecule has 2 aromatic heterocycles. The molecule has 3 aromatic rings. The number of carbonyl (C=O) groups excluding carboxylic acids is 1. The third kappa shape index (κ3) is 3.10. The summed E-state index contributed by atoms with van der Waals surface area (Å²) in [5.74, 6) is -0.350. The van der Waals surface area contributed by atoms with Gasteiger partial charge in [0.2, 0.25) is 0 Å². The van der Waals surface area contributed by atoms with Crippen LogP contribution in [0.4, 0.5) is 0 Å². The largest absolute Gasteiger partial charge is 0.346 e. The summed E-state index contributed by atoms with van der Waals surface area (Å²) in [6.45, 7) is 4.21. The molecule has 7 heteroatoms. The Morgan fingerprint density at radius 2 is 1.92 bits per heavy atom. The van der Waals surface area contributed by atoms with E-state index in [-0.39, 0.29) is 17.2 Å². The fraction of sp³-hybridized carbons (Fsp3) is 0.176. The van der Waals surface area contributed by atoms with Gasteiger partial charge in [0, 0.05) is 23.9 Å². The van der Waals surface area contributed by atoms with E-state index >= 15 is 0 Å². The van der Waals surface area contributed by atoms with Gasteiger partial charge in [0.15, 0.2) is 0 Å². The Kier molecular flexibility index (Phi) is 4.24. The lowest BCUT2D eigenvalue weighted by molar-refractivity contribution is 0.0944. The summed E-state index contributed by atoms with van der Waals surface area (Å²) in [6, 6.07) is 12.5. The van der Waals surface area contributed by atoms with Crippen molar-refractivity contribution in [3.05, 3.63) is 75.5 Å². The van der Waals surface area contributed by atoms with Crippen LogP contribution < -0.4 is 10.9 Å². The van der Waals surface area contributed by atoms with Crippen molar-refractivity contribution < 1.29 is 4.79 Å². The first-order valence-corrected chi connectivity index (χ1v) is 7.50. The summed E-state index contributed by atoms with van der Waals surface area (Å²) >= 11 is 0. The van der Waals surface area contributed by atoms with Gasteiger partial charge in [-0.05, 0) is 32.0 Å². The average Bonchev–Trinajstić information content (AvgIpc) is 2.88. The smallest absolute Gasteiger partial charge is 0.271 e. The molecular weight excluding hydrogens is 306 g/mol. The van der Waals surface area contributed by atoms with Crippen LogP contribution >= 0.6 is 0 Å². The topological polar surface area (TPSA) is 92.7 Å². The summed E-state index contributed by atoms with van der Waals surface area (Å²) in [4.78, 5) is 23.1. The molecule has 0 radical (unpaired) electrons. The molecule has 2 N–H and O–H groups in total. The van der Waals surface area contributed by atoms with Gasteiger partial charge in [-0.25, -0.2) is 9.78 Å². The molecule has 2 heterocycles. The molecule has 0 saturated heterocycles. The molecule has 3 rings (SSSR count). The van der Waals surface area contributed by atoms with Crippen molar-refractivity contribution in [2.24, 2.45) is 0 Å². The SMILES string of the molecule is Cc1nn(-c2ccccc2)c(C)c1CNC(=O)c1ccc(=O)[nH]n1. The van der Waals surface area contributed by atoms with Crippen molar-refractivity contribution >= 4 is 5.91 Å². The molecule has 0 atom stereocenters. The monoisotopic (exact) mass is 323 g/mol. The second kappa shape index (κ2) is 6.49. The lowest BCUT2D eigenvalue weighted by Crippen LogP contribution is -2.25. The zero-order valence-corrected chi connectivity index (χ0v) is 13.4. The Labute approximate surface area is 138 Å². The molecule has 0 bridgehead atoms. The summed E-state index contributed by atoms with van der Waals surface area (Å²) in [6.07, 6.45) is 0. The van der Waals surface area contributed by atoms with E-state index in [1.165, 1.54) is 12.1 Å². The van der Waals surface area contributed by atoms with Crippen molar-refractivity contribution in [3.8, 4) is 5.69 Å². The lowest BCUT2D eigenvalue weighted by Gasteiger charge is -2.06. The maximum Gasteiger partial charge on any atom is 0.271 e. The number of benzene rings is 1. The number of nitrogens with zero attached hydrogens (tertiary/aromatic N) is 3. The number of para-hydroxylation sites is 1. The van der Waals surface area contributed by atoms with Crippen molar-refractivity contribution in [1.82, 2.24) is 25.3 Å². The first-order valence-electron chi connectivity index (χ1n) is 7.50. The first kappa shape index (κ1) is 15.7. The third-order valence-electron chi connectivity index (χ3n) is 3.78. The molecule has 7 nitrogen and oxygen atoms in total. The predicted octanol–water partition coefficient (Wildman–Crippen LogP) is 1.50. The summed E-state index contributed by atoms with van der Waals surface area (Å²) in [5, 5.41) is 13.3. The van der Waals surface area contributed by atoms with Crippen molar-refractivity contribution in [3.63, 3.8) is 0 Å². The van der Waals surface area contributed by atoms with Gasteiger partial charge < -0.3 is 5.32 Å². The van der Waals surface area contributed by atoms with E-state index in [4.69, 9.17) is 0 Å². The average molecular weight is 323 g/mol. The zero-order valence-electron chi connectivity index (χ0n) is 13.4. The number of rotatable bonds is 4. The van der Waals surface area contributed by atoms with Gasteiger partial charge in [-0.15, -0.1) is 0 Å². The number of aryl methyl sites for hydroxylation is 1. The molecule has 0 fully saturated rings. The number of nitrogens with one attached hydrogen (secondary N) is 2. The fourth-order valence-electron chi connectivity index (χ4n) is 2.48. The van der Waals surface area contributed by atoms with Gasteiger partial charge in [-0.1, -0.05) is 18.2 Å². The van der Waals surface area contributed by atoms with E-state index in [1.54, 1.807) is 0 Å². The van der Waals surface area contributed by atoms with Crippen LogP contribution in [0.25, 0.3) is 5.69 Å². The maximum absolute atomic E-state index is 12.1. The minimum Gasteiger partial charge on any atom is -0.346 e. The Balaban J connectivity index is 1.78. The summed E-state index contributed by atoms with van der Waals surface area (Å²) < 4.78 is 1.86. The van der Waals surface area contributed by atoms with Crippen molar-refractivity contribution in [2.45, 2.75) is 20.4 Å². The molecular formula is C17H17N5O2. The van der Waals surface area contributed by atoms with Crippen LogP contribution in [0.5, 0.6) is 0 Å². The van der Waals surface area contributed by atoms with E-state index in [0.717, 1.165) is 22.6 Å². The molecule has 0 aliphatic heterocycles. The van der Waals surface area contributed by atoms with Gasteiger partial charge in [0.1, 0.15) is 5.69 Å². The van der Waals surface area contributed by atoms with E-state index in [9.17, 15) is 9.59 Å². The van der Waals surface area contributed by atoms with Gasteiger partial charge in [0.05, 0.1) is 11.4 Å². The molecule has 0 aliphatic carbocycles. The number of aromatic amines is 1. The number of H-pyrrole nitrogens is 1. The van der Waals surface area contributed by atoms with Gasteiger partial charge in [-0.3, -0.25) is 9.59 Å². The lowest BCUT2D eigenvalue weighted by atomic mass is 10.2. The quantitative estimate of drug-likeness (QED) is 0.761. The number of carbonyl (C=O) groups is 1. The third-order valence-corrected chi connectivity index (χ3v) is 3.78. The minimum absolute atomic E-state index is 0.167. The Bertz CT molecular complexity index is 907. The number of amides is 1. The highest BCUT2D eigenvalue weighted by molar-refractivity contribution is 5.91. The van der Waals surface area contributed by atoms with Crippen LogP contribution in [0.15, 0.2) is 47.3 Å². The molecule has 0 saturated carbocycles. The van der Waals surface area contributed by atoms with Gasteiger partial charge in [-0.2, -0.15) is 10.2 Å². The van der Waals surface area contributed by atoms with E-state index in [0.29, 0.717) is 6.54 Å². The second-order valence-corrected chi connectivity index (χ2v) is 5.39. The number of aromatic nitrogens is 4. The van der Waals surface area contributed by atoms with Crippen molar-refractivity contribution in [1.29, 1.82) is 0 Å². The van der Waals surface area contributed by atoms with Crippen LogP contribution in [-0.2, 0) is 6.54 Å². The van der Waals surface area contributed by atoms with Crippen LogP contribution in [0, 0.1) is 13.8 Å². The second-order valence-electron chi connectivity index (χ2n) is 5.39. The van der Waals surface area contributed by atoms with Crippen molar-refractivity contribution in [2.75, 3.05) is 0 Å². The summed E-state index contributed by atoms with van der Waals surface area (Å²) in [7, 11) is 0. The highest BCUT2D eigenvalue weighted by Crippen LogP contribution is 2.17. The maximum atomic E-state index is 12.1. The van der Waals surface area contributed by atoms with Crippen LogP contribution in [0.3, 0.4) is 0 Å². The standard InChI is InChI=1S/C17H17N5O2/c1-11-14(10-18-17(24)15-8-9-16(23)20-19-15)12(2)22(21-11)13-6-4-3-5-7-13/h3-9H,10H2,1-2H3,(H,18,24)(H,20,23). The Morgan fingerprint density at radius 3 is 2.58 bits per heavy atom. The van der Waals surface area contributed by atoms with Gasteiger partial charge >= 0.3 is 0 Å². The molecule has 1 aromatic carbocycles. The highest BCUT2D eigenvalue weighted by atomic mass is 16.2. The van der Waals surface area contributed by atoms with Crippen LogP contribution in [0.1, 0.15) is 27.4 Å². The minimum atomic E-state index is -0.350. The molecule has 122 valence electrons. The molecule has 0 aliphatic rings. The van der Waals surface area contributed by atoms with Gasteiger partial charge in [0.25, 0.3) is 11.5 Å². The number of hydrogen-bond donors (Lipinski definition) is 2. The molecule has 24 heavy (non-hydrogen) atoms. The van der Waals surface area contributed by atoms with E-state index in [1.807, 2.05) is 48.9 Å². The normalized spacial score (nSPS) is 10.6. The van der Waals surface area contributed by atoms with Crippen LogP contribution in [-0.4, -0.2) is 25.9 Å². The molecule has 0 spiro atoms. The molecule has 0 unspecified atom stereocenters. The fourth-order valence-corrected chi connectivity index (χ4v) is 2.48. The van der Waals surface area contributed by atoms with E-state index in [2.05, 4.69) is 20.6 Å². The summed E-state index contributed by atoms with van der Waals surface area (Å²) in [5.41, 5.74) is 3.57. The molecule has 1 amide bonds. The highest BCUT2D eigenvalue weighted by Gasteiger charge is 2.14. The van der Waals surface area contributed by atoms with E-state index < -0.39 is 0 Å². The Morgan fingerprint density at radius 1 is 1.17 bits per heavy atom. The van der Waals surface area contributed by atoms with Crippen LogP contribution in [0.2, 0.25) is 0 Å².